The monoisotopic (exact) mass is 445 g/mol. The minimum Gasteiger partial charge on any atom is -0.508 e. The Labute approximate surface area is 159 Å². The SMILES string of the molecule is CN=C(NCCCc1ccc(O)cc1)NCc1sccc1C.I. The van der Waals surface area contributed by atoms with Gasteiger partial charge in [-0.25, -0.2) is 0 Å². The molecule has 1 aromatic heterocycles. The van der Waals surface area contributed by atoms with Gasteiger partial charge in [0.05, 0.1) is 6.54 Å². The lowest BCUT2D eigenvalue weighted by molar-refractivity contribution is 0.475. The third-order valence-electron chi connectivity index (χ3n) is 3.48. The molecule has 0 unspecified atom stereocenters. The number of rotatable bonds is 6. The first-order chi connectivity index (χ1) is 10.7. The van der Waals surface area contributed by atoms with Gasteiger partial charge in [-0.05, 0) is 54.5 Å². The molecule has 1 heterocycles. The van der Waals surface area contributed by atoms with E-state index in [1.54, 1.807) is 30.5 Å². The van der Waals surface area contributed by atoms with Crippen LogP contribution in [0.5, 0.6) is 5.75 Å². The van der Waals surface area contributed by atoms with Gasteiger partial charge < -0.3 is 15.7 Å². The van der Waals surface area contributed by atoms with Crippen molar-refractivity contribution >= 4 is 41.3 Å². The van der Waals surface area contributed by atoms with Crippen LogP contribution in [0.15, 0.2) is 40.7 Å². The minimum absolute atomic E-state index is 0. The van der Waals surface area contributed by atoms with Crippen LogP contribution < -0.4 is 10.6 Å². The van der Waals surface area contributed by atoms with Gasteiger partial charge in [-0.2, -0.15) is 0 Å². The molecule has 0 spiro atoms. The predicted octanol–water partition coefficient (Wildman–Crippen LogP) is 3.68. The Kier molecular flexibility index (Phi) is 9.01. The number of halogens is 1. The van der Waals surface area contributed by atoms with Crippen molar-refractivity contribution in [3.05, 3.63) is 51.7 Å². The fraction of sp³-hybridized carbons (Fsp3) is 0.353. The molecule has 2 aromatic rings. The molecule has 0 saturated heterocycles. The van der Waals surface area contributed by atoms with Crippen LogP contribution in [-0.4, -0.2) is 24.7 Å². The molecule has 126 valence electrons. The molecule has 3 N–H and O–H groups in total. The molecular formula is C17H24IN3OS. The van der Waals surface area contributed by atoms with Crippen LogP contribution in [0, 0.1) is 6.92 Å². The lowest BCUT2D eigenvalue weighted by atomic mass is 10.1. The normalized spacial score (nSPS) is 11.0. The number of aryl methyl sites for hydroxylation is 2. The third kappa shape index (κ3) is 6.78. The smallest absolute Gasteiger partial charge is 0.191 e. The Hall–Kier alpha value is -1.28. The minimum atomic E-state index is 0. The van der Waals surface area contributed by atoms with Gasteiger partial charge in [-0.15, -0.1) is 35.3 Å². The van der Waals surface area contributed by atoms with Gasteiger partial charge in [0, 0.05) is 18.5 Å². The van der Waals surface area contributed by atoms with E-state index in [1.165, 1.54) is 16.0 Å². The summed E-state index contributed by atoms with van der Waals surface area (Å²) in [6.07, 6.45) is 2.00. The second kappa shape index (κ2) is 10.5. The van der Waals surface area contributed by atoms with E-state index in [-0.39, 0.29) is 24.0 Å². The molecule has 0 aliphatic rings. The van der Waals surface area contributed by atoms with Gasteiger partial charge in [0.1, 0.15) is 5.75 Å². The summed E-state index contributed by atoms with van der Waals surface area (Å²) < 4.78 is 0. The van der Waals surface area contributed by atoms with E-state index < -0.39 is 0 Å². The maximum atomic E-state index is 9.25. The number of nitrogens with one attached hydrogen (secondary N) is 2. The number of nitrogens with zero attached hydrogens (tertiary/aromatic N) is 1. The number of guanidine groups is 1. The largest absolute Gasteiger partial charge is 0.508 e. The van der Waals surface area contributed by atoms with Crippen molar-refractivity contribution in [3.63, 3.8) is 0 Å². The Bertz CT molecular complexity index is 611. The van der Waals surface area contributed by atoms with E-state index >= 15 is 0 Å². The lowest BCUT2D eigenvalue weighted by Crippen LogP contribution is -2.37. The van der Waals surface area contributed by atoms with E-state index in [9.17, 15) is 5.11 Å². The summed E-state index contributed by atoms with van der Waals surface area (Å²) >= 11 is 1.76. The van der Waals surface area contributed by atoms with Gasteiger partial charge in [0.25, 0.3) is 0 Å². The highest BCUT2D eigenvalue weighted by molar-refractivity contribution is 14.0. The van der Waals surface area contributed by atoms with E-state index in [0.29, 0.717) is 5.75 Å². The topological polar surface area (TPSA) is 56.7 Å². The highest BCUT2D eigenvalue weighted by Crippen LogP contribution is 2.14. The Morgan fingerprint density at radius 2 is 1.91 bits per heavy atom. The first kappa shape index (κ1) is 19.8. The van der Waals surface area contributed by atoms with Crippen molar-refractivity contribution in [1.82, 2.24) is 10.6 Å². The van der Waals surface area contributed by atoms with Gasteiger partial charge in [0.15, 0.2) is 5.96 Å². The highest BCUT2D eigenvalue weighted by Gasteiger charge is 2.02. The first-order valence-corrected chi connectivity index (χ1v) is 8.32. The summed E-state index contributed by atoms with van der Waals surface area (Å²) in [4.78, 5) is 5.58. The highest BCUT2D eigenvalue weighted by atomic mass is 127. The molecule has 0 fully saturated rings. The van der Waals surface area contributed by atoms with Crippen LogP contribution in [0.1, 0.15) is 22.4 Å². The Morgan fingerprint density at radius 3 is 2.52 bits per heavy atom. The van der Waals surface area contributed by atoms with E-state index in [4.69, 9.17) is 0 Å². The molecule has 1 aromatic carbocycles. The predicted molar refractivity (Wildman–Crippen MR) is 109 cm³/mol. The number of hydrogen-bond donors (Lipinski definition) is 3. The summed E-state index contributed by atoms with van der Waals surface area (Å²) in [5.41, 5.74) is 2.55. The molecule has 2 rings (SSSR count). The van der Waals surface area contributed by atoms with Crippen molar-refractivity contribution < 1.29 is 5.11 Å². The second-order valence-electron chi connectivity index (χ2n) is 5.15. The van der Waals surface area contributed by atoms with Crippen molar-refractivity contribution in [2.24, 2.45) is 4.99 Å². The third-order valence-corrected chi connectivity index (χ3v) is 4.50. The molecule has 6 heteroatoms. The maximum absolute atomic E-state index is 9.25. The number of phenolic OH excluding ortho intramolecular Hbond substituents is 1. The average molecular weight is 445 g/mol. The number of aliphatic imine (C=N–C) groups is 1. The van der Waals surface area contributed by atoms with Crippen molar-refractivity contribution in [2.45, 2.75) is 26.3 Å². The molecular weight excluding hydrogens is 421 g/mol. The Balaban J connectivity index is 0.00000264. The summed E-state index contributed by atoms with van der Waals surface area (Å²) in [5.74, 6) is 1.15. The number of benzene rings is 1. The zero-order valence-corrected chi connectivity index (χ0v) is 16.7. The van der Waals surface area contributed by atoms with Crippen LogP contribution in [0.3, 0.4) is 0 Å². The number of phenols is 1. The standard InChI is InChI=1S/C17H23N3OS.HI/c1-13-9-11-22-16(13)12-20-17(18-2)19-10-3-4-14-5-7-15(21)8-6-14;/h5-9,11,21H,3-4,10,12H2,1-2H3,(H2,18,19,20);1H. The molecule has 0 aliphatic carbocycles. The van der Waals surface area contributed by atoms with Crippen LogP contribution >= 0.6 is 35.3 Å². The molecule has 0 radical (unpaired) electrons. The van der Waals surface area contributed by atoms with Gasteiger partial charge in [-0.3, -0.25) is 4.99 Å². The van der Waals surface area contributed by atoms with Gasteiger partial charge >= 0.3 is 0 Å². The number of hydrogen-bond acceptors (Lipinski definition) is 3. The summed E-state index contributed by atoms with van der Waals surface area (Å²) in [7, 11) is 1.79. The summed E-state index contributed by atoms with van der Waals surface area (Å²) in [5, 5.41) is 18.0. The molecule has 0 aliphatic heterocycles. The van der Waals surface area contributed by atoms with E-state index in [2.05, 4.69) is 34.0 Å². The molecule has 23 heavy (non-hydrogen) atoms. The molecule has 0 atom stereocenters. The lowest BCUT2D eigenvalue weighted by Gasteiger charge is -2.11. The molecule has 0 amide bonds. The second-order valence-corrected chi connectivity index (χ2v) is 6.15. The van der Waals surface area contributed by atoms with Crippen molar-refractivity contribution in [3.8, 4) is 5.75 Å². The van der Waals surface area contributed by atoms with E-state index in [1.807, 2.05) is 12.1 Å². The van der Waals surface area contributed by atoms with Crippen molar-refractivity contribution in [1.29, 1.82) is 0 Å². The van der Waals surface area contributed by atoms with Gasteiger partial charge in [-0.1, -0.05) is 12.1 Å². The molecule has 0 bridgehead atoms. The number of aromatic hydroxyl groups is 1. The Morgan fingerprint density at radius 1 is 1.17 bits per heavy atom. The molecule has 0 saturated carbocycles. The van der Waals surface area contributed by atoms with Crippen molar-refractivity contribution in [2.75, 3.05) is 13.6 Å². The average Bonchev–Trinajstić information content (AvgIpc) is 2.93. The zero-order chi connectivity index (χ0) is 15.8. The maximum Gasteiger partial charge on any atom is 0.191 e. The fourth-order valence-electron chi connectivity index (χ4n) is 2.13. The fourth-order valence-corrected chi connectivity index (χ4v) is 2.98. The van der Waals surface area contributed by atoms with E-state index in [0.717, 1.165) is 31.9 Å². The number of thiophene rings is 1. The molecule has 4 nitrogen and oxygen atoms in total. The summed E-state index contributed by atoms with van der Waals surface area (Å²) in [6.45, 7) is 3.80. The quantitative estimate of drug-likeness (QED) is 0.275. The van der Waals surface area contributed by atoms with Crippen LogP contribution in [0.4, 0.5) is 0 Å². The zero-order valence-electron chi connectivity index (χ0n) is 13.5. The van der Waals surface area contributed by atoms with Gasteiger partial charge in [0.2, 0.25) is 0 Å². The van der Waals surface area contributed by atoms with Crippen LogP contribution in [0.25, 0.3) is 0 Å². The van der Waals surface area contributed by atoms with Crippen LogP contribution in [-0.2, 0) is 13.0 Å². The summed E-state index contributed by atoms with van der Waals surface area (Å²) in [6, 6.07) is 9.51. The first-order valence-electron chi connectivity index (χ1n) is 7.44. The van der Waals surface area contributed by atoms with Crippen LogP contribution in [0.2, 0.25) is 0 Å².